The van der Waals surface area contributed by atoms with Gasteiger partial charge in [0.05, 0.1) is 17.3 Å². The summed E-state index contributed by atoms with van der Waals surface area (Å²) < 4.78 is 2.19. The summed E-state index contributed by atoms with van der Waals surface area (Å²) in [5, 5.41) is 6.65. The Labute approximate surface area is 144 Å². The molecule has 2 heterocycles. The number of benzene rings is 1. The van der Waals surface area contributed by atoms with E-state index in [-0.39, 0.29) is 6.04 Å². The van der Waals surface area contributed by atoms with Gasteiger partial charge in [-0.3, -0.25) is 0 Å². The predicted molar refractivity (Wildman–Crippen MR) is 97.0 cm³/mol. The van der Waals surface area contributed by atoms with Crippen molar-refractivity contribution in [2.75, 3.05) is 7.05 Å². The highest BCUT2D eigenvalue weighted by Gasteiger charge is 2.17. The van der Waals surface area contributed by atoms with E-state index in [1.807, 2.05) is 19.2 Å². The molecule has 0 aliphatic heterocycles. The van der Waals surface area contributed by atoms with Gasteiger partial charge in [-0.05, 0) is 57.1 Å². The number of para-hydroxylation sites is 1. The lowest BCUT2D eigenvalue weighted by atomic mass is 10.1. The normalized spacial score (nSPS) is 12.7. The molecule has 1 aromatic carbocycles. The maximum atomic E-state index is 4.83. The number of nitrogens with one attached hydrogen (secondary N) is 1. The second kappa shape index (κ2) is 6.57. The first-order valence-corrected chi connectivity index (χ1v) is 9.09. The summed E-state index contributed by atoms with van der Waals surface area (Å²) >= 11 is 8.95. The molecule has 1 unspecified atom stereocenters. The van der Waals surface area contributed by atoms with Gasteiger partial charge in [-0.2, -0.15) is 0 Å². The van der Waals surface area contributed by atoms with Gasteiger partial charge in [0, 0.05) is 31.0 Å². The molecule has 0 saturated carbocycles. The average molecular weight is 426 g/mol. The molecule has 108 valence electrons. The minimum absolute atomic E-state index is 0.189. The highest BCUT2D eigenvalue weighted by Crippen LogP contribution is 2.30. The molecule has 1 atom stereocenters. The van der Waals surface area contributed by atoms with Crippen LogP contribution in [-0.4, -0.2) is 12.0 Å². The van der Waals surface area contributed by atoms with E-state index >= 15 is 0 Å². The number of hydrogen-bond donors (Lipinski definition) is 1. The van der Waals surface area contributed by atoms with E-state index < -0.39 is 0 Å². The lowest BCUT2D eigenvalue weighted by molar-refractivity contribution is 0.579. The molecule has 3 rings (SSSR count). The van der Waals surface area contributed by atoms with Crippen molar-refractivity contribution in [3.8, 4) is 0 Å². The molecule has 2 aromatic heterocycles. The number of rotatable bonds is 4. The Balaban J connectivity index is 1.97. The summed E-state index contributed by atoms with van der Waals surface area (Å²) in [6.45, 7) is 0. The van der Waals surface area contributed by atoms with Crippen molar-refractivity contribution in [1.82, 2.24) is 10.3 Å². The van der Waals surface area contributed by atoms with Gasteiger partial charge in [-0.1, -0.05) is 18.2 Å². The number of pyridine rings is 1. The van der Waals surface area contributed by atoms with Crippen LogP contribution in [0.5, 0.6) is 0 Å². The van der Waals surface area contributed by atoms with Crippen LogP contribution in [0.1, 0.15) is 16.6 Å². The molecule has 0 fully saturated rings. The largest absolute Gasteiger partial charge is 0.311 e. The second-order valence-electron chi connectivity index (χ2n) is 4.82. The number of nitrogens with zero attached hydrogens (tertiary/aromatic N) is 1. The average Bonchev–Trinajstić information content (AvgIpc) is 2.89. The van der Waals surface area contributed by atoms with Crippen LogP contribution in [0.2, 0.25) is 0 Å². The summed E-state index contributed by atoms with van der Waals surface area (Å²) in [6.07, 6.45) is 0.927. The van der Waals surface area contributed by atoms with Gasteiger partial charge < -0.3 is 5.32 Å². The fourth-order valence-electron chi connectivity index (χ4n) is 2.35. The Morgan fingerprint density at radius 1 is 1.24 bits per heavy atom. The Morgan fingerprint density at radius 2 is 2.05 bits per heavy atom. The molecule has 0 aliphatic rings. The van der Waals surface area contributed by atoms with Crippen LogP contribution >= 0.6 is 43.2 Å². The van der Waals surface area contributed by atoms with Crippen molar-refractivity contribution in [2.45, 2.75) is 12.5 Å². The standard InChI is InChI=1S/C16H14Br2N2S/c1-19-15(8-12-7-11(17)9-21-12)16-13(18)6-10-4-2-3-5-14(10)20-16/h2-7,9,15,19H,8H2,1H3. The van der Waals surface area contributed by atoms with Crippen molar-refractivity contribution in [1.29, 1.82) is 0 Å². The molecule has 1 N–H and O–H groups in total. The molecule has 2 nitrogen and oxygen atoms in total. The summed E-state index contributed by atoms with van der Waals surface area (Å²) in [6, 6.07) is 12.7. The van der Waals surface area contributed by atoms with Crippen molar-refractivity contribution in [2.24, 2.45) is 0 Å². The van der Waals surface area contributed by atoms with Gasteiger partial charge in [0.2, 0.25) is 0 Å². The van der Waals surface area contributed by atoms with Crippen LogP contribution in [-0.2, 0) is 6.42 Å². The zero-order valence-corrected chi connectivity index (χ0v) is 15.4. The Morgan fingerprint density at radius 3 is 2.76 bits per heavy atom. The predicted octanol–water partition coefficient (Wildman–Crippen LogP) is 5.32. The fraction of sp³-hybridized carbons (Fsp3) is 0.188. The van der Waals surface area contributed by atoms with Crippen LogP contribution in [0.25, 0.3) is 10.9 Å². The fourth-order valence-corrected chi connectivity index (χ4v) is 4.46. The SMILES string of the molecule is CNC(Cc1cc(Br)cs1)c1nc2ccccc2cc1Br. The molecule has 0 saturated heterocycles. The van der Waals surface area contributed by atoms with E-state index in [2.05, 4.69) is 66.8 Å². The van der Waals surface area contributed by atoms with E-state index in [9.17, 15) is 0 Å². The minimum Gasteiger partial charge on any atom is -0.311 e. The van der Waals surface area contributed by atoms with Gasteiger partial charge in [0.25, 0.3) is 0 Å². The second-order valence-corrected chi connectivity index (χ2v) is 7.59. The number of hydrogen-bond acceptors (Lipinski definition) is 3. The topological polar surface area (TPSA) is 24.9 Å². The monoisotopic (exact) mass is 424 g/mol. The third-order valence-electron chi connectivity index (χ3n) is 3.41. The van der Waals surface area contributed by atoms with Crippen molar-refractivity contribution >= 4 is 54.1 Å². The zero-order valence-electron chi connectivity index (χ0n) is 11.4. The van der Waals surface area contributed by atoms with E-state index in [1.165, 1.54) is 4.88 Å². The van der Waals surface area contributed by atoms with E-state index in [1.54, 1.807) is 11.3 Å². The van der Waals surface area contributed by atoms with Gasteiger partial charge in [-0.25, -0.2) is 4.98 Å². The molecule has 3 aromatic rings. The van der Waals surface area contributed by atoms with Gasteiger partial charge in [0.1, 0.15) is 0 Å². The molecule has 21 heavy (non-hydrogen) atoms. The van der Waals surface area contributed by atoms with Crippen LogP contribution in [0, 0.1) is 0 Å². The van der Waals surface area contributed by atoms with E-state index in [0.717, 1.165) is 32.0 Å². The van der Waals surface area contributed by atoms with Crippen LogP contribution in [0.15, 0.2) is 50.7 Å². The zero-order chi connectivity index (χ0) is 14.8. The van der Waals surface area contributed by atoms with Crippen LogP contribution < -0.4 is 5.32 Å². The Hall–Kier alpha value is -0.750. The molecular formula is C16H14Br2N2S. The Bertz CT molecular complexity index is 770. The molecule has 0 radical (unpaired) electrons. The number of fused-ring (bicyclic) bond motifs is 1. The first-order valence-electron chi connectivity index (χ1n) is 6.62. The first-order chi connectivity index (χ1) is 10.2. The van der Waals surface area contributed by atoms with Crippen LogP contribution in [0.3, 0.4) is 0 Å². The molecular weight excluding hydrogens is 412 g/mol. The quantitative estimate of drug-likeness (QED) is 0.611. The maximum Gasteiger partial charge on any atom is 0.0726 e. The third kappa shape index (κ3) is 3.37. The lowest BCUT2D eigenvalue weighted by Crippen LogP contribution is -2.20. The Kier molecular flexibility index (Phi) is 4.74. The van der Waals surface area contributed by atoms with E-state index in [0.29, 0.717) is 0 Å². The summed E-state index contributed by atoms with van der Waals surface area (Å²) in [4.78, 5) is 6.17. The number of aromatic nitrogens is 1. The minimum atomic E-state index is 0.189. The highest BCUT2D eigenvalue weighted by molar-refractivity contribution is 9.10. The molecule has 0 bridgehead atoms. The number of likely N-dealkylation sites (N-methyl/N-ethyl adjacent to an activating group) is 1. The van der Waals surface area contributed by atoms with Crippen molar-refractivity contribution < 1.29 is 0 Å². The van der Waals surface area contributed by atoms with Gasteiger partial charge >= 0.3 is 0 Å². The first kappa shape index (κ1) is 15.2. The highest BCUT2D eigenvalue weighted by atomic mass is 79.9. The van der Waals surface area contributed by atoms with Gasteiger partial charge in [-0.15, -0.1) is 11.3 Å². The summed E-state index contributed by atoms with van der Waals surface area (Å²) in [5.41, 5.74) is 2.09. The van der Waals surface area contributed by atoms with E-state index in [4.69, 9.17) is 4.98 Å². The maximum absolute atomic E-state index is 4.83. The summed E-state index contributed by atoms with van der Waals surface area (Å²) in [7, 11) is 1.98. The van der Waals surface area contributed by atoms with Crippen molar-refractivity contribution in [3.63, 3.8) is 0 Å². The van der Waals surface area contributed by atoms with Crippen LogP contribution in [0.4, 0.5) is 0 Å². The molecule has 0 amide bonds. The number of halogens is 2. The third-order valence-corrected chi connectivity index (χ3v) is 5.77. The van der Waals surface area contributed by atoms with Crippen molar-refractivity contribution in [3.05, 3.63) is 61.3 Å². The molecule has 0 spiro atoms. The summed E-state index contributed by atoms with van der Waals surface area (Å²) in [5.74, 6) is 0. The smallest absolute Gasteiger partial charge is 0.0726 e. The molecule has 5 heteroatoms. The number of thiophene rings is 1. The van der Waals surface area contributed by atoms with Gasteiger partial charge in [0.15, 0.2) is 0 Å². The molecule has 0 aliphatic carbocycles. The lowest BCUT2D eigenvalue weighted by Gasteiger charge is -2.17.